The number of aromatic amines is 1. The van der Waals surface area contributed by atoms with E-state index in [1.165, 1.54) is 0 Å². The number of halogens is 2. The second-order valence-corrected chi connectivity index (χ2v) is 4.82. The lowest BCUT2D eigenvalue weighted by Gasteiger charge is -2.00. The molecule has 2 aromatic carbocycles. The van der Waals surface area contributed by atoms with E-state index in [4.69, 9.17) is 5.73 Å². The van der Waals surface area contributed by atoms with Crippen molar-refractivity contribution in [3.05, 3.63) is 46.7 Å². The van der Waals surface area contributed by atoms with E-state index in [0.29, 0.717) is 21.5 Å². The van der Waals surface area contributed by atoms with Crippen LogP contribution in [0.3, 0.4) is 0 Å². The number of nitrogens with one attached hydrogen (secondary N) is 1. The normalized spacial score (nSPS) is 11.0. The number of aromatic nitrogens is 2. The fourth-order valence-electron chi connectivity index (χ4n) is 1.84. The first-order valence-electron chi connectivity index (χ1n) is 5.35. The summed E-state index contributed by atoms with van der Waals surface area (Å²) in [5.74, 6) is 0.166. The van der Waals surface area contributed by atoms with Crippen molar-refractivity contribution in [2.24, 2.45) is 0 Å². The Morgan fingerprint density at radius 2 is 2.06 bits per heavy atom. The molecular formula is C13H9BrFN3. The Morgan fingerprint density at radius 3 is 2.89 bits per heavy atom. The third-order valence-corrected chi connectivity index (χ3v) is 3.33. The van der Waals surface area contributed by atoms with Gasteiger partial charge in [-0.25, -0.2) is 9.37 Å². The van der Waals surface area contributed by atoms with Crippen molar-refractivity contribution in [2.75, 3.05) is 5.73 Å². The molecular weight excluding hydrogens is 297 g/mol. The molecule has 0 amide bonds. The molecule has 0 spiro atoms. The zero-order valence-corrected chi connectivity index (χ0v) is 10.8. The first-order valence-corrected chi connectivity index (χ1v) is 6.14. The minimum atomic E-state index is -0.329. The predicted octanol–water partition coefficient (Wildman–Crippen LogP) is 3.71. The van der Waals surface area contributed by atoms with Crippen LogP contribution in [0.5, 0.6) is 0 Å². The van der Waals surface area contributed by atoms with Crippen LogP contribution >= 0.6 is 15.9 Å². The molecule has 0 saturated heterocycles. The van der Waals surface area contributed by atoms with Crippen LogP contribution in [0.2, 0.25) is 0 Å². The topological polar surface area (TPSA) is 54.7 Å². The number of benzene rings is 2. The Kier molecular flexibility index (Phi) is 2.56. The molecule has 90 valence electrons. The molecule has 0 radical (unpaired) electrons. The van der Waals surface area contributed by atoms with E-state index in [-0.39, 0.29) is 5.82 Å². The monoisotopic (exact) mass is 305 g/mol. The number of nitrogens with zero attached hydrogens (tertiary/aromatic N) is 1. The zero-order chi connectivity index (χ0) is 12.7. The van der Waals surface area contributed by atoms with Crippen molar-refractivity contribution >= 4 is 32.7 Å². The van der Waals surface area contributed by atoms with Gasteiger partial charge in [0.1, 0.15) is 11.6 Å². The molecule has 0 saturated carbocycles. The van der Waals surface area contributed by atoms with Gasteiger partial charge in [0.2, 0.25) is 0 Å². The maximum absolute atomic E-state index is 14.0. The zero-order valence-electron chi connectivity index (χ0n) is 9.24. The molecule has 18 heavy (non-hydrogen) atoms. The molecule has 5 heteroatoms. The van der Waals surface area contributed by atoms with Gasteiger partial charge in [-0.15, -0.1) is 0 Å². The summed E-state index contributed by atoms with van der Waals surface area (Å²) in [5.41, 5.74) is 8.33. The van der Waals surface area contributed by atoms with Gasteiger partial charge in [0.25, 0.3) is 0 Å². The SMILES string of the molecule is Nc1ccc2nc(-c3cccc(Br)c3F)[nH]c2c1. The van der Waals surface area contributed by atoms with Crippen LogP contribution in [-0.4, -0.2) is 9.97 Å². The lowest BCUT2D eigenvalue weighted by atomic mass is 10.2. The summed E-state index contributed by atoms with van der Waals surface area (Å²) in [7, 11) is 0. The molecule has 0 fully saturated rings. The molecule has 3 aromatic rings. The molecule has 3 rings (SSSR count). The molecule has 0 aliphatic carbocycles. The number of nitrogens with two attached hydrogens (primary N) is 1. The third kappa shape index (κ3) is 1.76. The van der Waals surface area contributed by atoms with Gasteiger partial charge in [-0.3, -0.25) is 0 Å². The average molecular weight is 306 g/mol. The highest BCUT2D eigenvalue weighted by Crippen LogP contribution is 2.27. The Balaban J connectivity index is 2.22. The number of hydrogen-bond donors (Lipinski definition) is 2. The summed E-state index contributed by atoms with van der Waals surface area (Å²) in [6.07, 6.45) is 0. The fourth-order valence-corrected chi connectivity index (χ4v) is 2.21. The second kappa shape index (κ2) is 4.10. The molecule has 0 bridgehead atoms. The van der Waals surface area contributed by atoms with Gasteiger partial charge in [0, 0.05) is 5.69 Å². The number of H-pyrrole nitrogens is 1. The van der Waals surface area contributed by atoms with Crippen LogP contribution < -0.4 is 5.73 Å². The van der Waals surface area contributed by atoms with Crippen molar-refractivity contribution in [2.45, 2.75) is 0 Å². The van der Waals surface area contributed by atoms with E-state index in [0.717, 1.165) is 11.0 Å². The minimum Gasteiger partial charge on any atom is -0.399 e. The number of rotatable bonds is 1. The molecule has 1 heterocycles. The molecule has 0 aliphatic heterocycles. The molecule has 3 N–H and O–H groups in total. The Bertz CT molecular complexity index is 736. The van der Waals surface area contributed by atoms with Gasteiger partial charge in [-0.2, -0.15) is 0 Å². The standard InChI is InChI=1S/C13H9BrFN3/c14-9-3-1-2-8(12(9)15)13-17-10-5-4-7(16)6-11(10)18-13/h1-6H,16H2,(H,17,18). The minimum absolute atomic E-state index is 0.329. The molecule has 0 atom stereocenters. The number of anilines is 1. The van der Waals surface area contributed by atoms with E-state index >= 15 is 0 Å². The maximum atomic E-state index is 14.0. The van der Waals surface area contributed by atoms with Gasteiger partial charge in [-0.1, -0.05) is 6.07 Å². The Hall–Kier alpha value is -1.88. The van der Waals surface area contributed by atoms with Crippen LogP contribution in [0.25, 0.3) is 22.4 Å². The van der Waals surface area contributed by atoms with Crippen molar-refractivity contribution in [3.8, 4) is 11.4 Å². The maximum Gasteiger partial charge on any atom is 0.148 e. The van der Waals surface area contributed by atoms with E-state index in [1.807, 2.05) is 0 Å². The second-order valence-electron chi connectivity index (χ2n) is 3.96. The van der Waals surface area contributed by atoms with Gasteiger partial charge in [0.15, 0.2) is 0 Å². The largest absolute Gasteiger partial charge is 0.399 e. The average Bonchev–Trinajstić information content (AvgIpc) is 2.75. The highest BCUT2D eigenvalue weighted by molar-refractivity contribution is 9.10. The quantitative estimate of drug-likeness (QED) is 0.673. The number of nitrogen functional groups attached to an aromatic ring is 1. The summed E-state index contributed by atoms with van der Waals surface area (Å²) in [6, 6.07) is 10.5. The summed E-state index contributed by atoms with van der Waals surface area (Å²) in [5, 5.41) is 0. The summed E-state index contributed by atoms with van der Waals surface area (Å²) >= 11 is 3.16. The van der Waals surface area contributed by atoms with Crippen LogP contribution in [0.4, 0.5) is 10.1 Å². The van der Waals surface area contributed by atoms with E-state index in [9.17, 15) is 4.39 Å². The molecule has 0 unspecified atom stereocenters. The van der Waals surface area contributed by atoms with Crippen LogP contribution in [-0.2, 0) is 0 Å². The summed E-state index contributed by atoms with van der Waals surface area (Å²) in [4.78, 5) is 7.42. The summed E-state index contributed by atoms with van der Waals surface area (Å²) < 4.78 is 14.4. The van der Waals surface area contributed by atoms with Gasteiger partial charge >= 0.3 is 0 Å². The lowest BCUT2D eigenvalue weighted by Crippen LogP contribution is -1.87. The summed E-state index contributed by atoms with van der Waals surface area (Å²) in [6.45, 7) is 0. The van der Waals surface area contributed by atoms with E-state index in [1.54, 1.807) is 36.4 Å². The highest BCUT2D eigenvalue weighted by atomic mass is 79.9. The van der Waals surface area contributed by atoms with Crippen molar-refractivity contribution in [3.63, 3.8) is 0 Å². The van der Waals surface area contributed by atoms with Crippen LogP contribution in [0.1, 0.15) is 0 Å². The number of hydrogen-bond acceptors (Lipinski definition) is 2. The van der Waals surface area contributed by atoms with E-state index in [2.05, 4.69) is 25.9 Å². The van der Waals surface area contributed by atoms with Crippen molar-refractivity contribution in [1.82, 2.24) is 9.97 Å². The lowest BCUT2D eigenvalue weighted by molar-refractivity contribution is 0.623. The first kappa shape index (κ1) is 11.2. The van der Waals surface area contributed by atoms with Gasteiger partial charge in [-0.05, 0) is 46.3 Å². The smallest absolute Gasteiger partial charge is 0.148 e. The third-order valence-electron chi connectivity index (χ3n) is 2.71. The number of fused-ring (bicyclic) bond motifs is 1. The van der Waals surface area contributed by atoms with Gasteiger partial charge in [0.05, 0.1) is 21.1 Å². The van der Waals surface area contributed by atoms with Crippen molar-refractivity contribution in [1.29, 1.82) is 0 Å². The van der Waals surface area contributed by atoms with Crippen LogP contribution in [0, 0.1) is 5.82 Å². The van der Waals surface area contributed by atoms with Crippen LogP contribution in [0.15, 0.2) is 40.9 Å². The molecule has 3 nitrogen and oxygen atoms in total. The van der Waals surface area contributed by atoms with Gasteiger partial charge < -0.3 is 10.7 Å². The molecule has 0 aliphatic rings. The van der Waals surface area contributed by atoms with E-state index < -0.39 is 0 Å². The molecule has 1 aromatic heterocycles. The van der Waals surface area contributed by atoms with Crippen molar-refractivity contribution < 1.29 is 4.39 Å². The predicted molar refractivity (Wildman–Crippen MR) is 73.6 cm³/mol. The first-order chi connectivity index (χ1) is 8.65. The Labute approximate surface area is 111 Å². The number of imidazole rings is 1. The highest BCUT2D eigenvalue weighted by Gasteiger charge is 2.12. The Morgan fingerprint density at radius 1 is 1.22 bits per heavy atom. The fraction of sp³-hybridized carbons (Fsp3) is 0.